The lowest BCUT2D eigenvalue weighted by molar-refractivity contribution is 0.101. The van der Waals surface area contributed by atoms with Crippen LogP contribution in [0.25, 0.3) is 0 Å². The molecule has 0 amide bonds. The van der Waals surface area contributed by atoms with Crippen LogP contribution in [-0.4, -0.2) is 66.5 Å². The van der Waals surface area contributed by atoms with Crippen molar-refractivity contribution in [2.75, 3.05) is 25.5 Å². The number of carbonyl (C=O) groups excluding carboxylic acids is 1. The Balaban J connectivity index is 1.37. The van der Waals surface area contributed by atoms with E-state index in [4.69, 9.17) is 16.7 Å². The Morgan fingerprint density at radius 3 is 2.87 bits per heavy atom. The van der Waals surface area contributed by atoms with Crippen molar-refractivity contribution in [3.8, 4) is 0 Å². The number of aliphatic hydroxyl groups excluding tert-OH is 1. The average molecular weight is 592 g/mol. The molecule has 1 unspecified atom stereocenters. The molecule has 39 heavy (non-hydrogen) atoms. The molecule has 1 saturated heterocycles. The van der Waals surface area contributed by atoms with E-state index in [-0.39, 0.29) is 24.0 Å². The molecule has 2 aromatic heterocycles. The van der Waals surface area contributed by atoms with Crippen molar-refractivity contribution in [1.82, 2.24) is 14.9 Å². The van der Waals surface area contributed by atoms with E-state index in [0.29, 0.717) is 34.1 Å². The average Bonchev–Trinajstić information content (AvgIpc) is 3.61. The van der Waals surface area contributed by atoms with Gasteiger partial charge in [0.15, 0.2) is 0 Å². The first-order valence-corrected chi connectivity index (χ1v) is 15.3. The van der Waals surface area contributed by atoms with Crippen molar-refractivity contribution in [2.45, 2.75) is 43.4 Å². The third-order valence-corrected chi connectivity index (χ3v) is 9.32. The number of likely N-dealkylation sites (tertiary alicyclic amines) is 1. The summed E-state index contributed by atoms with van der Waals surface area (Å²) in [5, 5.41) is 21.3. The van der Waals surface area contributed by atoms with Crippen molar-refractivity contribution in [2.24, 2.45) is 11.1 Å². The largest absolute Gasteiger partial charge is 0.393 e. The fraction of sp³-hybridized carbons (Fsp3) is 0.423. The van der Waals surface area contributed by atoms with E-state index in [1.54, 1.807) is 0 Å². The van der Waals surface area contributed by atoms with E-state index in [9.17, 15) is 18.3 Å². The second kappa shape index (κ2) is 11.2. The molecule has 0 radical (unpaired) electrons. The number of rotatable bonds is 9. The highest BCUT2D eigenvalue weighted by atomic mass is 35.5. The van der Waals surface area contributed by atoms with E-state index in [1.165, 1.54) is 23.9 Å². The van der Waals surface area contributed by atoms with Crippen molar-refractivity contribution in [3.63, 3.8) is 0 Å². The number of hydrogen-bond acceptors (Lipinski definition) is 10. The predicted octanol–water partition coefficient (Wildman–Crippen LogP) is 3.16. The highest BCUT2D eigenvalue weighted by molar-refractivity contribution is 7.84. The summed E-state index contributed by atoms with van der Waals surface area (Å²) in [6, 6.07) is 9.59. The van der Waals surface area contributed by atoms with Gasteiger partial charge in [-0.15, -0.1) is 11.3 Å². The number of halogens is 1. The molecule has 1 aliphatic carbocycles. The summed E-state index contributed by atoms with van der Waals surface area (Å²) < 4.78 is 26.9. The van der Waals surface area contributed by atoms with Gasteiger partial charge >= 0.3 is 10.3 Å². The summed E-state index contributed by atoms with van der Waals surface area (Å²) in [5.41, 5.74) is 2.09. The third-order valence-electron chi connectivity index (χ3n) is 7.69. The number of hydrogen-bond donors (Lipinski definition) is 3. The molecule has 2 fully saturated rings. The van der Waals surface area contributed by atoms with E-state index >= 15 is 0 Å². The lowest BCUT2D eigenvalue weighted by Crippen LogP contribution is -2.39. The van der Waals surface area contributed by atoms with E-state index in [2.05, 4.69) is 37.5 Å². The predicted molar refractivity (Wildman–Crippen MR) is 149 cm³/mol. The Hall–Kier alpha value is -2.45. The van der Waals surface area contributed by atoms with Gasteiger partial charge in [0.1, 0.15) is 12.1 Å². The van der Waals surface area contributed by atoms with Crippen molar-refractivity contribution >= 4 is 44.8 Å². The summed E-state index contributed by atoms with van der Waals surface area (Å²) in [5.74, 6) is -0.269. The topological polar surface area (TPSA) is 148 Å². The van der Waals surface area contributed by atoms with Crippen LogP contribution < -0.4 is 10.5 Å². The Morgan fingerprint density at radius 1 is 1.33 bits per heavy atom. The number of benzene rings is 1. The van der Waals surface area contributed by atoms with Gasteiger partial charge in [0.25, 0.3) is 0 Å². The molecule has 4 N–H and O–H groups in total. The number of aromatic nitrogens is 2. The molecule has 5 rings (SSSR count). The summed E-state index contributed by atoms with van der Waals surface area (Å²) in [6.45, 7) is 0.719. The first-order chi connectivity index (χ1) is 18.6. The van der Waals surface area contributed by atoms with Gasteiger partial charge in [-0.1, -0.05) is 23.7 Å². The fourth-order valence-electron chi connectivity index (χ4n) is 5.79. The maximum absolute atomic E-state index is 13.7. The number of nitrogens with zero attached hydrogens (tertiary/aromatic N) is 3. The van der Waals surface area contributed by atoms with Gasteiger partial charge in [-0.25, -0.2) is 15.1 Å². The molecule has 0 spiro atoms. The van der Waals surface area contributed by atoms with Crippen LogP contribution in [0.5, 0.6) is 0 Å². The Bertz CT molecular complexity index is 1470. The van der Waals surface area contributed by atoms with E-state index in [1.807, 2.05) is 29.6 Å². The second-order valence-electron chi connectivity index (χ2n) is 10.1. The number of anilines is 1. The zero-order chi connectivity index (χ0) is 27.8. The quantitative estimate of drug-likeness (QED) is 0.319. The molecular formula is C26H30ClN5O5S2. The standard InChI is InChI=1S/C26H30ClN5O5S2/c1-32-7-3-6-26(32,17-4-2-5-19(27)9-17)18-10-23(38-14-18)24(34)21-12-29-15-30-25(21)31-20-8-16(22(33)11-20)13-37-39(28,35)36/h2,4-5,9-10,12,14-16,20,22,33H,3,6-8,11,13H2,1H3,(H2,28,35,36)(H,29,30,31)/t16-,20-,22+,26?/m1/s1. The molecule has 3 aromatic rings. The summed E-state index contributed by atoms with van der Waals surface area (Å²) in [7, 11) is -2.00. The Labute approximate surface area is 236 Å². The van der Waals surface area contributed by atoms with Crippen molar-refractivity contribution in [3.05, 3.63) is 74.8 Å². The molecule has 2 aliphatic rings. The number of carbonyl (C=O) groups is 1. The highest BCUT2D eigenvalue weighted by Crippen LogP contribution is 2.45. The monoisotopic (exact) mass is 591 g/mol. The van der Waals surface area contributed by atoms with Crippen LogP contribution in [0.1, 0.15) is 52.0 Å². The van der Waals surface area contributed by atoms with Crippen molar-refractivity contribution < 1.29 is 22.5 Å². The maximum atomic E-state index is 13.7. The molecule has 10 nitrogen and oxygen atoms in total. The summed E-state index contributed by atoms with van der Waals surface area (Å²) in [6.07, 6.45) is 4.76. The van der Waals surface area contributed by atoms with Crippen molar-refractivity contribution in [1.29, 1.82) is 0 Å². The maximum Gasteiger partial charge on any atom is 0.333 e. The fourth-order valence-corrected chi connectivity index (χ4v) is 7.27. The minimum absolute atomic E-state index is 0.205. The van der Waals surface area contributed by atoms with Gasteiger partial charge in [-0.05, 0) is 74.0 Å². The number of nitrogens with one attached hydrogen (secondary N) is 1. The van der Waals surface area contributed by atoms with Crippen LogP contribution >= 0.6 is 22.9 Å². The van der Waals surface area contributed by atoms with Gasteiger partial charge in [-0.2, -0.15) is 8.42 Å². The molecule has 1 saturated carbocycles. The molecular weight excluding hydrogens is 562 g/mol. The smallest absolute Gasteiger partial charge is 0.333 e. The Kier molecular flexibility index (Phi) is 8.07. The zero-order valence-corrected chi connectivity index (χ0v) is 23.7. The second-order valence-corrected chi connectivity index (χ2v) is 12.7. The SMILES string of the molecule is CN1CCCC1(c1cccc(Cl)c1)c1csc(C(=O)c2cncnc2N[C@@H]2C[C@H](COS(N)(=O)=O)[C@@H](O)C2)c1. The number of aliphatic hydroxyl groups is 1. The molecule has 4 atom stereocenters. The first-order valence-electron chi connectivity index (χ1n) is 12.6. The summed E-state index contributed by atoms with van der Waals surface area (Å²) >= 11 is 7.74. The molecule has 3 heterocycles. The molecule has 1 aliphatic heterocycles. The normalized spacial score (nSPS) is 25.7. The third kappa shape index (κ3) is 5.87. The van der Waals surface area contributed by atoms with Gasteiger partial charge in [0, 0.05) is 23.2 Å². The van der Waals surface area contributed by atoms with Crippen LogP contribution in [0, 0.1) is 5.92 Å². The molecule has 1 aromatic carbocycles. The minimum atomic E-state index is -4.10. The minimum Gasteiger partial charge on any atom is -0.393 e. The van der Waals surface area contributed by atoms with Crippen LogP contribution in [0.4, 0.5) is 5.82 Å². The first kappa shape index (κ1) is 28.1. The van der Waals surface area contributed by atoms with Gasteiger partial charge < -0.3 is 10.4 Å². The molecule has 13 heteroatoms. The number of ketones is 1. The lowest BCUT2D eigenvalue weighted by atomic mass is 9.82. The molecule has 208 valence electrons. The summed E-state index contributed by atoms with van der Waals surface area (Å²) in [4.78, 5) is 25.0. The molecule has 0 bridgehead atoms. The van der Waals surface area contributed by atoms with Gasteiger partial charge in [-0.3, -0.25) is 13.9 Å². The van der Waals surface area contributed by atoms with E-state index < -0.39 is 22.3 Å². The number of thiophene rings is 1. The lowest BCUT2D eigenvalue weighted by Gasteiger charge is -2.36. The number of nitrogens with two attached hydrogens (primary N) is 1. The van der Waals surface area contributed by atoms with Crippen LogP contribution in [0.3, 0.4) is 0 Å². The van der Waals surface area contributed by atoms with E-state index in [0.717, 1.165) is 30.5 Å². The van der Waals surface area contributed by atoms with Gasteiger partial charge in [0.05, 0.1) is 28.7 Å². The Morgan fingerprint density at radius 2 is 2.15 bits per heavy atom. The van der Waals surface area contributed by atoms with Crippen LogP contribution in [0.2, 0.25) is 5.02 Å². The van der Waals surface area contributed by atoms with Crippen LogP contribution in [-0.2, 0) is 20.0 Å². The van der Waals surface area contributed by atoms with Gasteiger partial charge in [0.2, 0.25) is 5.78 Å². The van der Waals surface area contributed by atoms with Crippen LogP contribution in [0.15, 0.2) is 48.2 Å². The highest BCUT2D eigenvalue weighted by Gasteiger charge is 2.43. The zero-order valence-electron chi connectivity index (χ0n) is 21.3.